The smallest absolute Gasteiger partial charge is 0.0181 e. The molecule has 0 spiro atoms. The molecule has 0 heterocycles. The lowest BCUT2D eigenvalue weighted by Gasteiger charge is -2.14. The number of aryl methyl sites for hydroxylation is 3. The largest absolute Gasteiger partial charge is 0.0622 e. The first-order valence-electron chi connectivity index (χ1n) is 15.7. The zero-order valence-corrected chi connectivity index (χ0v) is 28.1. The minimum atomic E-state index is 1.09. The third-order valence-electron chi connectivity index (χ3n) is 8.38. The van der Waals surface area contributed by atoms with Gasteiger partial charge in [-0.25, -0.2) is 0 Å². The fourth-order valence-electron chi connectivity index (χ4n) is 5.74. The first-order valence-corrected chi connectivity index (χ1v) is 16.5. The van der Waals surface area contributed by atoms with Crippen LogP contribution in [0.4, 0.5) is 0 Å². The minimum Gasteiger partial charge on any atom is -0.0622 e. The molecule has 0 radical (unpaired) electrons. The van der Waals surface area contributed by atoms with E-state index in [1.165, 1.54) is 72.3 Å². The fraction of sp³-hybridized carbons (Fsp3) is 0.0667. The molecular formula is C45H37Br. The Bertz CT molecular complexity index is 2060. The molecule has 224 valence electrons. The van der Waals surface area contributed by atoms with Gasteiger partial charge in [-0.05, 0) is 118 Å². The molecule has 7 rings (SSSR count). The van der Waals surface area contributed by atoms with Gasteiger partial charge in [0.05, 0.1) is 0 Å². The van der Waals surface area contributed by atoms with Gasteiger partial charge < -0.3 is 0 Å². The Balaban J connectivity index is 0.000000238. The number of hydrogen-bond acceptors (Lipinski definition) is 0. The second-order valence-corrected chi connectivity index (χ2v) is 12.7. The molecule has 0 N–H and O–H groups in total. The van der Waals surface area contributed by atoms with Crippen LogP contribution in [0.3, 0.4) is 0 Å². The summed E-state index contributed by atoms with van der Waals surface area (Å²) < 4.78 is 1.09. The predicted molar refractivity (Wildman–Crippen MR) is 202 cm³/mol. The van der Waals surface area contributed by atoms with E-state index < -0.39 is 0 Å². The Morgan fingerprint density at radius 3 is 1.20 bits per heavy atom. The van der Waals surface area contributed by atoms with Crippen LogP contribution in [0.1, 0.15) is 16.7 Å². The van der Waals surface area contributed by atoms with Crippen molar-refractivity contribution >= 4 is 15.9 Å². The maximum Gasteiger partial charge on any atom is 0.0181 e. The third kappa shape index (κ3) is 7.45. The average Bonchev–Trinajstić information content (AvgIpc) is 3.10. The molecule has 0 aliphatic rings. The van der Waals surface area contributed by atoms with Crippen LogP contribution in [0.5, 0.6) is 0 Å². The lowest BCUT2D eigenvalue weighted by Crippen LogP contribution is -1.90. The van der Waals surface area contributed by atoms with Crippen LogP contribution in [-0.4, -0.2) is 0 Å². The molecule has 0 aromatic heterocycles. The van der Waals surface area contributed by atoms with E-state index in [2.05, 4.69) is 200 Å². The Morgan fingerprint density at radius 2 is 0.674 bits per heavy atom. The quantitative estimate of drug-likeness (QED) is 0.173. The van der Waals surface area contributed by atoms with E-state index in [1.54, 1.807) is 0 Å². The van der Waals surface area contributed by atoms with Gasteiger partial charge >= 0.3 is 0 Å². The van der Waals surface area contributed by atoms with Crippen molar-refractivity contribution < 1.29 is 0 Å². The lowest BCUT2D eigenvalue weighted by atomic mass is 9.90. The van der Waals surface area contributed by atoms with Crippen molar-refractivity contribution in [3.8, 4) is 55.6 Å². The van der Waals surface area contributed by atoms with E-state index in [4.69, 9.17) is 0 Å². The highest BCUT2D eigenvalue weighted by Gasteiger charge is 2.10. The van der Waals surface area contributed by atoms with Gasteiger partial charge in [-0.2, -0.15) is 0 Å². The van der Waals surface area contributed by atoms with E-state index in [0.29, 0.717) is 0 Å². The monoisotopic (exact) mass is 656 g/mol. The molecule has 7 aromatic carbocycles. The Hall–Kier alpha value is -4.98. The van der Waals surface area contributed by atoms with Gasteiger partial charge in [0.25, 0.3) is 0 Å². The molecule has 0 unspecified atom stereocenters. The molecule has 0 bridgehead atoms. The summed E-state index contributed by atoms with van der Waals surface area (Å²) in [6.45, 7) is 6.50. The van der Waals surface area contributed by atoms with E-state index in [1.807, 2.05) is 6.07 Å². The molecule has 1 heteroatoms. The molecule has 0 aliphatic carbocycles. The van der Waals surface area contributed by atoms with E-state index in [0.717, 1.165) is 4.47 Å². The Kier molecular flexibility index (Phi) is 9.72. The van der Waals surface area contributed by atoms with Crippen LogP contribution >= 0.6 is 15.9 Å². The third-order valence-corrected chi connectivity index (χ3v) is 8.88. The first kappa shape index (κ1) is 31.0. The highest BCUT2D eigenvalue weighted by Crippen LogP contribution is 2.35. The van der Waals surface area contributed by atoms with Crippen LogP contribution < -0.4 is 0 Å². The van der Waals surface area contributed by atoms with E-state index in [-0.39, 0.29) is 0 Å². The highest BCUT2D eigenvalue weighted by molar-refractivity contribution is 9.10. The van der Waals surface area contributed by atoms with Crippen molar-refractivity contribution in [2.24, 2.45) is 0 Å². The predicted octanol–water partition coefficient (Wildman–Crippen LogP) is 13.4. The highest BCUT2D eigenvalue weighted by atomic mass is 79.9. The Labute approximate surface area is 282 Å². The van der Waals surface area contributed by atoms with Crippen LogP contribution in [0.25, 0.3) is 55.6 Å². The maximum absolute atomic E-state index is 3.60. The normalized spacial score (nSPS) is 10.6. The van der Waals surface area contributed by atoms with Crippen molar-refractivity contribution in [2.45, 2.75) is 20.8 Å². The minimum absolute atomic E-state index is 1.09. The summed E-state index contributed by atoms with van der Waals surface area (Å²) in [4.78, 5) is 0. The zero-order valence-electron chi connectivity index (χ0n) is 26.5. The number of rotatable bonds is 5. The van der Waals surface area contributed by atoms with Crippen molar-refractivity contribution in [2.75, 3.05) is 0 Å². The van der Waals surface area contributed by atoms with Gasteiger partial charge in [-0.1, -0.05) is 161 Å². The van der Waals surface area contributed by atoms with Crippen LogP contribution in [0.15, 0.2) is 174 Å². The topological polar surface area (TPSA) is 0 Å². The molecule has 0 atom stereocenters. The van der Waals surface area contributed by atoms with Crippen molar-refractivity contribution in [1.82, 2.24) is 0 Å². The lowest BCUT2D eigenvalue weighted by molar-refractivity contribution is 1.40. The van der Waals surface area contributed by atoms with E-state index >= 15 is 0 Å². The fourth-order valence-corrected chi connectivity index (χ4v) is 6.14. The van der Waals surface area contributed by atoms with Crippen molar-refractivity contribution in [3.63, 3.8) is 0 Å². The summed E-state index contributed by atoms with van der Waals surface area (Å²) in [5.74, 6) is 0. The number of benzene rings is 7. The van der Waals surface area contributed by atoms with Crippen molar-refractivity contribution in [3.05, 3.63) is 191 Å². The zero-order chi connectivity index (χ0) is 31.9. The number of hydrogen-bond donors (Lipinski definition) is 0. The molecule has 0 saturated carbocycles. The summed E-state index contributed by atoms with van der Waals surface area (Å²) in [6, 6.07) is 60.5. The molecule has 0 nitrogen and oxygen atoms in total. The summed E-state index contributed by atoms with van der Waals surface area (Å²) in [6.07, 6.45) is 0. The van der Waals surface area contributed by atoms with Crippen LogP contribution in [0.2, 0.25) is 0 Å². The van der Waals surface area contributed by atoms with Gasteiger partial charge in [-0.15, -0.1) is 0 Å². The van der Waals surface area contributed by atoms with Gasteiger partial charge in [-0.3, -0.25) is 0 Å². The number of halogens is 1. The van der Waals surface area contributed by atoms with Crippen molar-refractivity contribution in [1.29, 1.82) is 0 Å². The summed E-state index contributed by atoms with van der Waals surface area (Å²) in [5, 5.41) is 0. The van der Waals surface area contributed by atoms with Gasteiger partial charge in [0.15, 0.2) is 0 Å². The van der Waals surface area contributed by atoms with Gasteiger partial charge in [0.1, 0.15) is 0 Å². The summed E-state index contributed by atoms with van der Waals surface area (Å²) in [5.41, 5.74) is 16.4. The molecule has 0 amide bonds. The SMILES string of the molecule is Cc1ccc(-c2ccccc2)cc1.Cc1ccc(-c2ccccc2)cc1-c1cc(-c2cccc(-c3cccc(Br)c3)c2)ccc1C. The summed E-state index contributed by atoms with van der Waals surface area (Å²) in [7, 11) is 0. The second-order valence-electron chi connectivity index (χ2n) is 11.7. The standard InChI is InChI=1S/C32H25Br.C13H12/c1-22-14-16-28(24-8-4-3-5-9-24)20-31(22)32-21-29(17-15-23(32)2)26-11-6-10-25(18-26)27-12-7-13-30(33)19-27;1-11-7-9-13(10-8-11)12-5-3-2-4-6-12/h3-21H,1-2H3;2-10H,1H3. The van der Waals surface area contributed by atoms with E-state index in [9.17, 15) is 0 Å². The molecule has 0 saturated heterocycles. The average molecular weight is 658 g/mol. The second kappa shape index (κ2) is 14.4. The van der Waals surface area contributed by atoms with Gasteiger partial charge in [0.2, 0.25) is 0 Å². The maximum atomic E-state index is 3.60. The summed E-state index contributed by atoms with van der Waals surface area (Å²) >= 11 is 3.60. The molecular weight excluding hydrogens is 620 g/mol. The molecule has 7 aromatic rings. The van der Waals surface area contributed by atoms with Crippen LogP contribution in [-0.2, 0) is 0 Å². The first-order chi connectivity index (χ1) is 22.4. The Morgan fingerprint density at radius 1 is 0.304 bits per heavy atom. The molecule has 0 aliphatic heterocycles. The molecule has 0 fully saturated rings. The molecule has 46 heavy (non-hydrogen) atoms. The van der Waals surface area contributed by atoms with Crippen LogP contribution in [0, 0.1) is 20.8 Å². The van der Waals surface area contributed by atoms with Gasteiger partial charge in [0, 0.05) is 4.47 Å².